The molecule has 1 saturated heterocycles. The van der Waals surface area contributed by atoms with Gasteiger partial charge in [-0.1, -0.05) is 38.1 Å². The normalized spacial score (nSPS) is 20.0. The van der Waals surface area contributed by atoms with Crippen LogP contribution >= 0.6 is 12.4 Å². The van der Waals surface area contributed by atoms with E-state index in [1.54, 1.807) is 0 Å². The van der Waals surface area contributed by atoms with Gasteiger partial charge in [-0.05, 0) is 44.2 Å². The second-order valence-corrected chi connectivity index (χ2v) is 7.28. The topological polar surface area (TPSA) is 58.2 Å². The minimum Gasteiger partial charge on any atom is -0.352 e. The third-order valence-electron chi connectivity index (χ3n) is 4.61. The van der Waals surface area contributed by atoms with Crippen molar-refractivity contribution in [2.75, 3.05) is 6.54 Å². The van der Waals surface area contributed by atoms with Gasteiger partial charge in [0, 0.05) is 30.5 Å². The number of hydrogen-bond acceptors (Lipinski definition) is 3. The first-order valence-corrected chi connectivity index (χ1v) is 9.10. The summed E-state index contributed by atoms with van der Waals surface area (Å²) in [5.74, 6) is 0.614. The number of piperidine rings is 1. The third-order valence-corrected chi connectivity index (χ3v) is 4.61. The van der Waals surface area contributed by atoms with Crippen molar-refractivity contribution in [2.24, 2.45) is 5.92 Å². The molecule has 2 N–H and O–H groups in total. The summed E-state index contributed by atoms with van der Waals surface area (Å²) in [6.07, 6.45) is 3.63. The van der Waals surface area contributed by atoms with Gasteiger partial charge in [0.2, 0.25) is 5.91 Å². The van der Waals surface area contributed by atoms with Crippen LogP contribution in [0, 0.1) is 5.92 Å². The van der Waals surface area contributed by atoms with Gasteiger partial charge in [-0.3, -0.25) is 9.59 Å². The summed E-state index contributed by atoms with van der Waals surface area (Å²) in [4.78, 5) is 24.3. The number of rotatable bonds is 7. The third kappa shape index (κ3) is 7.17. The van der Waals surface area contributed by atoms with Crippen molar-refractivity contribution in [1.29, 1.82) is 0 Å². The molecule has 0 bridgehead atoms. The second-order valence-electron chi connectivity index (χ2n) is 7.28. The molecule has 0 saturated carbocycles. The number of Topliss-reactive ketones (excluding diaryl/α,β-unsaturated/α-hetero) is 1. The van der Waals surface area contributed by atoms with E-state index in [1.807, 2.05) is 24.3 Å². The van der Waals surface area contributed by atoms with Crippen LogP contribution in [0.2, 0.25) is 0 Å². The van der Waals surface area contributed by atoms with Crippen molar-refractivity contribution >= 4 is 24.1 Å². The van der Waals surface area contributed by atoms with Crippen LogP contribution in [-0.2, 0) is 11.2 Å². The van der Waals surface area contributed by atoms with Gasteiger partial charge in [0.15, 0.2) is 5.78 Å². The molecule has 5 heteroatoms. The molecular weight excluding hydrogens is 336 g/mol. The molecule has 1 fully saturated rings. The molecular formula is C20H31ClN2O2. The average Bonchev–Trinajstić information content (AvgIpc) is 2.55. The van der Waals surface area contributed by atoms with Crippen molar-refractivity contribution in [3.63, 3.8) is 0 Å². The second kappa shape index (κ2) is 10.6. The van der Waals surface area contributed by atoms with Crippen LogP contribution in [0.25, 0.3) is 0 Å². The van der Waals surface area contributed by atoms with E-state index in [4.69, 9.17) is 0 Å². The fourth-order valence-corrected chi connectivity index (χ4v) is 3.19. The first-order chi connectivity index (χ1) is 11.5. The van der Waals surface area contributed by atoms with Crippen LogP contribution in [0.15, 0.2) is 24.3 Å². The predicted octanol–water partition coefficient (Wildman–Crippen LogP) is 3.53. The maximum absolute atomic E-state index is 12.2. The van der Waals surface area contributed by atoms with Gasteiger partial charge in [-0.25, -0.2) is 0 Å². The van der Waals surface area contributed by atoms with Crippen LogP contribution in [-0.4, -0.2) is 30.3 Å². The Balaban J connectivity index is 0.00000312. The summed E-state index contributed by atoms with van der Waals surface area (Å²) >= 11 is 0. The van der Waals surface area contributed by atoms with Crippen molar-refractivity contribution < 1.29 is 9.59 Å². The van der Waals surface area contributed by atoms with Crippen molar-refractivity contribution in [3.8, 4) is 0 Å². The van der Waals surface area contributed by atoms with Crippen molar-refractivity contribution in [2.45, 2.75) is 65.0 Å². The molecule has 2 unspecified atom stereocenters. The zero-order chi connectivity index (χ0) is 17.5. The smallest absolute Gasteiger partial charge is 0.220 e. The Morgan fingerprint density at radius 1 is 1.20 bits per heavy atom. The lowest BCUT2D eigenvalue weighted by atomic mass is 9.98. The summed E-state index contributed by atoms with van der Waals surface area (Å²) < 4.78 is 0. The molecule has 1 aromatic carbocycles. The molecule has 0 radical (unpaired) electrons. The highest BCUT2D eigenvalue weighted by Crippen LogP contribution is 2.13. The van der Waals surface area contributed by atoms with E-state index < -0.39 is 0 Å². The average molecular weight is 367 g/mol. The number of halogens is 1. The minimum absolute atomic E-state index is 0. The SMILES string of the molecule is CC(C)Cc1ccc(C(=O)CCC(=O)NC2CCCNC2C)cc1.Cl. The lowest BCUT2D eigenvalue weighted by molar-refractivity contribution is -0.122. The Bertz CT molecular complexity index is 557. The molecule has 2 rings (SSSR count). The minimum atomic E-state index is -0.0275. The highest BCUT2D eigenvalue weighted by molar-refractivity contribution is 5.98. The van der Waals surface area contributed by atoms with Crippen LogP contribution in [0.4, 0.5) is 0 Å². The van der Waals surface area contributed by atoms with E-state index >= 15 is 0 Å². The highest BCUT2D eigenvalue weighted by atomic mass is 35.5. The molecule has 4 nitrogen and oxygen atoms in total. The summed E-state index contributed by atoms with van der Waals surface area (Å²) in [6.45, 7) is 7.47. The molecule has 0 aliphatic carbocycles. The monoisotopic (exact) mass is 366 g/mol. The molecule has 1 aliphatic heterocycles. The zero-order valence-corrected chi connectivity index (χ0v) is 16.3. The van der Waals surface area contributed by atoms with Crippen LogP contribution < -0.4 is 10.6 Å². The molecule has 0 spiro atoms. The first kappa shape index (κ1) is 21.7. The lowest BCUT2D eigenvalue weighted by Gasteiger charge is -2.30. The van der Waals surface area contributed by atoms with Gasteiger partial charge in [-0.2, -0.15) is 0 Å². The standard InChI is InChI=1S/C20H30N2O2.ClH/c1-14(2)13-16-6-8-17(9-7-16)19(23)10-11-20(24)22-18-5-4-12-21-15(18)3;/h6-9,14-15,18,21H,4-5,10-13H2,1-3H3,(H,22,24);1H. The van der Waals surface area contributed by atoms with Gasteiger partial charge in [0.05, 0.1) is 0 Å². The van der Waals surface area contributed by atoms with Gasteiger partial charge < -0.3 is 10.6 Å². The number of nitrogens with one attached hydrogen (secondary N) is 2. The summed E-state index contributed by atoms with van der Waals surface area (Å²) in [5, 5.41) is 6.42. The molecule has 140 valence electrons. The van der Waals surface area contributed by atoms with Crippen LogP contribution in [0.1, 0.15) is 62.4 Å². The van der Waals surface area contributed by atoms with Crippen LogP contribution in [0.3, 0.4) is 0 Å². The van der Waals surface area contributed by atoms with Gasteiger partial charge in [-0.15, -0.1) is 12.4 Å². The summed E-state index contributed by atoms with van der Waals surface area (Å²) in [6, 6.07) is 8.27. The number of benzene rings is 1. The van der Waals surface area contributed by atoms with Crippen molar-refractivity contribution in [3.05, 3.63) is 35.4 Å². The molecule has 2 atom stereocenters. The van der Waals surface area contributed by atoms with Crippen LogP contribution in [0.5, 0.6) is 0 Å². The maximum Gasteiger partial charge on any atom is 0.220 e. The highest BCUT2D eigenvalue weighted by Gasteiger charge is 2.22. The molecule has 1 amide bonds. The molecule has 25 heavy (non-hydrogen) atoms. The molecule has 1 aliphatic rings. The van der Waals surface area contributed by atoms with E-state index in [-0.39, 0.29) is 43.0 Å². The Morgan fingerprint density at radius 2 is 1.88 bits per heavy atom. The van der Waals surface area contributed by atoms with Gasteiger partial charge in [0.1, 0.15) is 0 Å². The largest absolute Gasteiger partial charge is 0.352 e. The first-order valence-electron chi connectivity index (χ1n) is 9.10. The fraction of sp³-hybridized carbons (Fsp3) is 0.600. The van der Waals surface area contributed by atoms with E-state index in [0.717, 1.165) is 25.8 Å². The quantitative estimate of drug-likeness (QED) is 0.726. The van der Waals surface area contributed by atoms with E-state index in [0.29, 0.717) is 17.5 Å². The number of ketones is 1. The fourth-order valence-electron chi connectivity index (χ4n) is 3.19. The predicted molar refractivity (Wildman–Crippen MR) is 104 cm³/mol. The van der Waals surface area contributed by atoms with Crippen molar-refractivity contribution in [1.82, 2.24) is 10.6 Å². The van der Waals surface area contributed by atoms with E-state index in [2.05, 4.69) is 31.4 Å². The molecule has 1 aromatic rings. The van der Waals surface area contributed by atoms with Gasteiger partial charge >= 0.3 is 0 Å². The Labute approximate surface area is 157 Å². The number of carbonyl (C=O) groups excluding carboxylic acids is 2. The van der Waals surface area contributed by atoms with E-state index in [9.17, 15) is 9.59 Å². The number of hydrogen-bond donors (Lipinski definition) is 2. The van der Waals surface area contributed by atoms with Gasteiger partial charge in [0.25, 0.3) is 0 Å². The Morgan fingerprint density at radius 3 is 2.48 bits per heavy atom. The number of amides is 1. The maximum atomic E-state index is 12.2. The lowest BCUT2D eigenvalue weighted by Crippen LogP contribution is -2.51. The zero-order valence-electron chi connectivity index (χ0n) is 15.5. The molecule has 0 aromatic heterocycles. The molecule has 1 heterocycles. The summed E-state index contributed by atoms with van der Waals surface area (Å²) in [7, 11) is 0. The number of carbonyl (C=O) groups is 2. The Hall–Kier alpha value is -1.39. The van der Waals surface area contributed by atoms with E-state index in [1.165, 1.54) is 5.56 Å². The summed E-state index contributed by atoms with van der Waals surface area (Å²) in [5.41, 5.74) is 1.95. The Kier molecular flexibility index (Phi) is 9.15.